The fourth-order valence-corrected chi connectivity index (χ4v) is 4.12. The Morgan fingerprint density at radius 2 is 2.10 bits per heavy atom. The van der Waals surface area contributed by atoms with Crippen LogP contribution in [-0.2, 0) is 14.9 Å². The van der Waals surface area contributed by atoms with Crippen molar-refractivity contribution in [3.05, 3.63) is 33.8 Å². The minimum atomic E-state index is -3.46. The van der Waals surface area contributed by atoms with Crippen LogP contribution in [0.15, 0.2) is 18.2 Å². The van der Waals surface area contributed by atoms with Crippen LogP contribution in [-0.4, -0.2) is 38.9 Å². The van der Waals surface area contributed by atoms with Crippen molar-refractivity contribution in [3.8, 4) is 0 Å². The first-order valence-electron chi connectivity index (χ1n) is 6.16. The summed E-state index contributed by atoms with van der Waals surface area (Å²) >= 11 is 11.9. The summed E-state index contributed by atoms with van der Waals surface area (Å²) in [5.41, 5.74) is 0.755. The molecule has 1 aromatic rings. The van der Waals surface area contributed by atoms with Gasteiger partial charge in [0.2, 0.25) is 10.0 Å². The average molecular weight is 339 g/mol. The first-order valence-corrected chi connectivity index (χ1v) is 8.46. The third-order valence-corrected chi connectivity index (χ3v) is 5.84. The lowest BCUT2D eigenvalue weighted by atomic mass is 10.0. The summed E-state index contributed by atoms with van der Waals surface area (Å²) in [6, 6.07) is 4.67. The Hall–Kier alpha value is -0.370. The monoisotopic (exact) mass is 338 g/mol. The van der Waals surface area contributed by atoms with Gasteiger partial charge in [0.05, 0.1) is 22.7 Å². The molecule has 1 aromatic carbocycles. The predicted octanol–water partition coefficient (Wildman–Crippen LogP) is 2.22. The number of sulfonamides is 1. The van der Waals surface area contributed by atoms with Crippen LogP contribution in [0.5, 0.6) is 0 Å². The maximum absolute atomic E-state index is 12.2. The van der Waals surface area contributed by atoms with Crippen molar-refractivity contribution in [3.63, 3.8) is 0 Å². The molecule has 0 amide bonds. The summed E-state index contributed by atoms with van der Waals surface area (Å²) in [5.74, 6) is 0. The Balaban J connectivity index is 2.38. The second-order valence-electron chi connectivity index (χ2n) is 4.54. The Kier molecular flexibility index (Phi) is 4.94. The molecule has 1 fully saturated rings. The van der Waals surface area contributed by atoms with E-state index in [9.17, 15) is 8.42 Å². The van der Waals surface area contributed by atoms with Crippen molar-refractivity contribution < 1.29 is 13.3 Å². The predicted molar refractivity (Wildman–Crippen MR) is 79.3 cm³/mol. The number of hydroxylamine groups is 2. The summed E-state index contributed by atoms with van der Waals surface area (Å²) in [6.07, 6.45) is 0. The van der Waals surface area contributed by atoms with Gasteiger partial charge >= 0.3 is 0 Å². The molecule has 0 radical (unpaired) electrons. The number of rotatable bonds is 4. The van der Waals surface area contributed by atoms with Crippen molar-refractivity contribution in [2.45, 2.75) is 18.2 Å². The molecule has 0 saturated carbocycles. The highest BCUT2D eigenvalue weighted by Crippen LogP contribution is 2.35. The lowest BCUT2D eigenvalue weighted by molar-refractivity contribution is -0.110. The van der Waals surface area contributed by atoms with Crippen LogP contribution in [0, 0.1) is 0 Å². The number of nitrogens with zero attached hydrogens (tertiary/aromatic N) is 1. The lowest BCUT2D eigenvalue weighted by Crippen LogP contribution is -2.39. The van der Waals surface area contributed by atoms with E-state index in [0.717, 1.165) is 5.56 Å². The Bertz CT molecular complexity index is 594. The Morgan fingerprint density at radius 1 is 1.40 bits per heavy atom. The van der Waals surface area contributed by atoms with E-state index in [1.165, 1.54) is 0 Å². The van der Waals surface area contributed by atoms with Crippen LogP contribution in [0.25, 0.3) is 0 Å². The molecule has 2 rings (SSSR count). The molecule has 1 N–H and O–H groups in total. The van der Waals surface area contributed by atoms with E-state index in [-0.39, 0.29) is 6.61 Å². The highest BCUT2D eigenvalue weighted by atomic mass is 35.5. The smallest absolute Gasteiger partial charge is 0.218 e. The van der Waals surface area contributed by atoms with E-state index in [0.29, 0.717) is 16.6 Å². The first-order chi connectivity index (χ1) is 9.36. The van der Waals surface area contributed by atoms with Crippen molar-refractivity contribution in [2.75, 3.05) is 20.2 Å². The second kappa shape index (κ2) is 6.17. The molecular weight excluding hydrogens is 323 g/mol. The van der Waals surface area contributed by atoms with Gasteiger partial charge in [0.15, 0.2) is 0 Å². The molecule has 2 unspecified atom stereocenters. The topological polar surface area (TPSA) is 58.6 Å². The molecule has 1 heterocycles. The van der Waals surface area contributed by atoms with Crippen molar-refractivity contribution in [2.24, 2.45) is 0 Å². The molecule has 8 heteroatoms. The number of hydrogen-bond donors (Lipinski definition) is 1. The van der Waals surface area contributed by atoms with Crippen LogP contribution in [0.3, 0.4) is 0 Å². The van der Waals surface area contributed by atoms with Crippen molar-refractivity contribution in [1.29, 1.82) is 0 Å². The van der Waals surface area contributed by atoms with Gasteiger partial charge in [0.1, 0.15) is 5.25 Å². The van der Waals surface area contributed by atoms with Gasteiger partial charge in [0.25, 0.3) is 0 Å². The molecule has 1 saturated heterocycles. The van der Waals surface area contributed by atoms with E-state index in [4.69, 9.17) is 28.0 Å². The van der Waals surface area contributed by atoms with Crippen LogP contribution in [0.2, 0.25) is 10.0 Å². The molecule has 112 valence electrons. The number of hydrogen-bond acceptors (Lipinski definition) is 4. The summed E-state index contributed by atoms with van der Waals surface area (Å²) in [6.45, 7) is 2.19. The molecule has 0 aromatic heterocycles. The summed E-state index contributed by atoms with van der Waals surface area (Å²) in [5, 5.41) is 1.68. The molecule has 1 aliphatic rings. The van der Waals surface area contributed by atoms with E-state index in [1.54, 1.807) is 37.2 Å². The van der Waals surface area contributed by atoms with Gasteiger partial charge in [-0.25, -0.2) is 13.1 Å². The maximum Gasteiger partial charge on any atom is 0.218 e. The van der Waals surface area contributed by atoms with Gasteiger partial charge in [-0.15, -0.1) is 0 Å². The normalized spacial score (nSPS) is 24.2. The lowest BCUT2D eigenvalue weighted by Gasteiger charge is -2.23. The minimum absolute atomic E-state index is 0.108. The summed E-state index contributed by atoms with van der Waals surface area (Å²) in [7, 11) is -1.75. The van der Waals surface area contributed by atoms with Crippen molar-refractivity contribution >= 4 is 33.2 Å². The van der Waals surface area contributed by atoms with Gasteiger partial charge < -0.3 is 0 Å². The molecule has 2 atom stereocenters. The van der Waals surface area contributed by atoms with E-state index >= 15 is 0 Å². The van der Waals surface area contributed by atoms with Crippen molar-refractivity contribution in [1.82, 2.24) is 9.79 Å². The van der Waals surface area contributed by atoms with E-state index in [1.807, 2.05) is 0 Å². The Labute approximate surface area is 128 Å². The number of nitrogens with one attached hydrogen (secondary N) is 1. The minimum Gasteiger partial charge on any atom is -0.297 e. The van der Waals surface area contributed by atoms with Gasteiger partial charge in [-0.3, -0.25) is 4.84 Å². The van der Waals surface area contributed by atoms with Gasteiger partial charge in [-0.1, -0.05) is 36.2 Å². The fraction of sp³-hybridized carbons (Fsp3) is 0.500. The molecular formula is C12H16Cl2N2O3S. The highest BCUT2D eigenvalue weighted by molar-refractivity contribution is 7.90. The molecule has 0 spiro atoms. The second-order valence-corrected chi connectivity index (χ2v) is 7.34. The molecule has 1 aliphatic heterocycles. The maximum atomic E-state index is 12.2. The zero-order chi connectivity index (χ0) is 14.9. The first kappa shape index (κ1) is 16.0. The molecule has 20 heavy (non-hydrogen) atoms. The third-order valence-electron chi connectivity index (χ3n) is 3.22. The SMILES string of the molecule is CCNS(=O)(=O)C1CON(C)C1c1ccc(Cl)c(Cl)c1. The molecule has 5 nitrogen and oxygen atoms in total. The fourth-order valence-electron chi connectivity index (χ4n) is 2.29. The van der Waals surface area contributed by atoms with Gasteiger partial charge in [0, 0.05) is 13.6 Å². The standard InChI is InChI=1S/C12H16Cl2N2O3S/c1-3-15-20(17,18)11-7-19-16(2)12(11)8-4-5-9(13)10(14)6-8/h4-6,11-12,15H,3,7H2,1-2H3. The largest absolute Gasteiger partial charge is 0.297 e. The van der Waals surface area contributed by atoms with E-state index < -0.39 is 21.3 Å². The average Bonchev–Trinajstić information content (AvgIpc) is 2.75. The Morgan fingerprint density at radius 3 is 2.70 bits per heavy atom. The summed E-state index contributed by atoms with van der Waals surface area (Å²) < 4.78 is 27.0. The van der Waals surface area contributed by atoms with Crippen LogP contribution in [0.4, 0.5) is 0 Å². The highest BCUT2D eigenvalue weighted by Gasteiger charge is 2.42. The number of benzene rings is 1. The zero-order valence-electron chi connectivity index (χ0n) is 11.1. The zero-order valence-corrected chi connectivity index (χ0v) is 13.5. The van der Waals surface area contributed by atoms with Gasteiger partial charge in [-0.05, 0) is 17.7 Å². The quantitative estimate of drug-likeness (QED) is 0.914. The van der Waals surface area contributed by atoms with Gasteiger partial charge in [-0.2, -0.15) is 5.06 Å². The van der Waals surface area contributed by atoms with E-state index in [2.05, 4.69) is 4.72 Å². The third kappa shape index (κ3) is 3.10. The van der Waals surface area contributed by atoms with Crippen LogP contribution in [0.1, 0.15) is 18.5 Å². The molecule has 0 bridgehead atoms. The number of halogens is 2. The molecule has 0 aliphatic carbocycles. The van der Waals surface area contributed by atoms with Crippen LogP contribution >= 0.6 is 23.2 Å². The van der Waals surface area contributed by atoms with Crippen LogP contribution < -0.4 is 4.72 Å². The summed E-state index contributed by atoms with van der Waals surface area (Å²) in [4.78, 5) is 5.37.